The molecule has 1 aromatic rings. The Morgan fingerprint density at radius 1 is 1.24 bits per heavy atom. The van der Waals surface area contributed by atoms with Gasteiger partial charge >= 0.3 is 5.97 Å². The lowest BCUT2D eigenvalue weighted by Gasteiger charge is -2.28. The topological polar surface area (TPSA) is 72.9 Å². The van der Waals surface area contributed by atoms with E-state index in [9.17, 15) is 14.7 Å². The van der Waals surface area contributed by atoms with Crippen LogP contribution in [0.3, 0.4) is 0 Å². The van der Waals surface area contributed by atoms with E-state index in [4.69, 9.17) is 0 Å². The molecule has 0 aliphatic carbocycles. The van der Waals surface area contributed by atoms with E-state index < -0.39 is 11.9 Å². The van der Waals surface area contributed by atoms with Crippen molar-refractivity contribution < 1.29 is 14.7 Å². The van der Waals surface area contributed by atoms with E-state index in [1.807, 2.05) is 18.2 Å². The molecule has 6 nitrogen and oxygen atoms in total. The number of hydrogen-bond acceptors (Lipinski definition) is 4. The second-order valence-corrected chi connectivity index (χ2v) is 5.48. The average molecular weight is 289 g/mol. The highest BCUT2D eigenvalue weighted by molar-refractivity contribution is 5.99. The molecule has 1 unspecified atom stereocenters. The first kappa shape index (κ1) is 14.0. The van der Waals surface area contributed by atoms with E-state index in [0.717, 1.165) is 37.4 Å². The number of carboxylic acids is 1. The van der Waals surface area contributed by atoms with E-state index in [1.165, 1.54) is 0 Å². The maximum Gasteiger partial charge on any atom is 0.312 e. The van der Waals surface area contributed by atoms with Crippen molar-refractivity contribution in [3.8, 4) is 0 Å². The van der Waals surface area contributed by atoms with Crippen LogP contribution in [-0.2, 0) is 9.59 Å². The summed E-state index contributed by atoms with van der Waals surface area (Å²) < 4.78 is 0. The smallest absolute Gasteiger partial charge is 0.312 e. The summed E-state index contributed by atoms with van der Waals surface area (Å²) in [7, 11) is 0. The molecule has 112 valence electrons. The molecule has 2 N–H and O–H groups in total. The zero-order valence-corrected chi connectivity index (χ0v) is 11.8. The van der Waals surface area contributed by atoms with E-state index in [1.54, 1.807) is 11.0 Å². The van der Waals surface area contributed by atoms with Gasteiger partial charge in [-0.25, -0.2) is 0 Å². The third-order valence-corrected chi connectivity index (χ3v) is 4.14. The Morgan fingerprint density at radius 2 is 1.95 bits per heavy atom. The third-order valence-electron chi connectivity index (χ3n) is 4.14. The number of amides is 1. The van der Waals surface area contributed by atoms with Crippen molar-refractivity contribution in [3.05, 3.63) is 29.8 Å². The molecule has 3 rings (SSSR count). The van der Waals surface area contributed by atoms with Gasteiger partial charge < -0.3 is 15.3 Å². The predicted octanol–water partition coefficient (Wildman–Crippen LogP) is 0.107. The molecule has 0 aromatic heterocycles. The van der Waals surface area contributed by atoms with Crippen LogP contribution in [0.2, 0.25) is 0 Å². The van der Waals surface area contributed by atoms with Crippen LogP contribution in [0.5, 0.6) is 0 Å². The molecule has 21 heavy (non-hydrogen) atoms. The van der Waals surface area contributed by atoms with Gasteiger partial charge in [-0.05, 0) is 11.6 Å². The average Bonchev–Trinajstić information content (AvgIpc) is 2.88. The van der Waals surface area contributed by atoms with Gasteiger partial charge in [-0.1, -0.05) is 18.2 Å². The summed E-state index contributed by atoms with van der Waals surface area (Å²) in [5.41, 5.74) is 1.48. The monoisotopic (exact) mass is 289 g/mol. The number of carbonyl (C=O) groups excluding carboxylic acids is 1. The maximum absolute atomic E-state index is 12.5. The summed E-state index contributed by atoms with van der Waals surface area (Å²) in [4.78, 5) is 27.6. The molecule has 2 aliphatic rings. The van der Waals surface area contributed by atoms with Crippen LogP contribution in [0.15, 0.2) is 24.3 Å². The van der Waals surface area contributed by atoms with Crippen molar-refractivity contribution in [3.63, 3.8) is 0 Å². The minimum Gasteiger partial charge on any atom is -0.481 e. The highest BCUT2D eigenvalue weighted by Crippen LogP contribution is 2.36. The number of rotatable bonds is 3. The standard InChI is InChI=1S/C15H19N3O3/c19-14(10-17-7-5-16-6-8-17)18-9-12(15(20)21)11-3-1-2-4-13(11)18/h1-4,12,16H,5-10H2,(H,20,21). The van der Waals surface area contributed by atoms with Crippen LogP contribution in [0.4, 0.5) is 5.69 Å². The number of carbonyl (C=O) groups is 2. The fourth-order valence-corrected chi connectivity index (χ4v) is 3.00. The van der Waals surface area contributed by atoms with Gasteiger partial charge in [0.05, 0.1) is 6.54 Å². The SMILES string of the molecule is O=C(O)C1CN(C(=O)CN2CCNCC2)c2ccccc21. The maximum atomic E-state index is 12.5. The van der Waals surface area contributed by atoms with Gasteiger partial charge in [0.1, 0.15) is 5.92 Å². The van der Waals surface area contributed by atoms with Gasteiger partial charge in [-0.15, -0.1) is 0 Å². The summed E-state index contributed by atoms with van der Waals surface area (Å²) in [6, 6.07) is 7.29. The second kappa shape index (κ2) is 5.83. The van der Waals surface area contributed by atoms with E-state index >= 15 is 0 Å². The number of nitrogens with one attached hydrogen (secondary N) is 1. The van der Waals surface area contributed by atoms with Gasteiger partial charge in [0.2, 0.25) is 5.91 Å². The van der Waals surface area contributed by atoms with Gasteiger partial charge in [0, 0.05) is 38.4 Å². The fourth-order valence-electron chi connectivity index (χ4n) is 3.00. The number of aliphatic carboxylic acids is 1. The molecule has 2 heterocycles. The summed E-state index contributed by atoms with van der Waals surface area (Å²) in [6.45, 7) is 4.07. The molecule has 6 heteroatoms. The van der Waals surface area contributed by atoms with E-state index in [-0.39, 0.29) is 12.5 Å². The fraction of sp³-hybridized carbons (Fsp3) is 0.467. The van der Waals surface area contributed by atoms with Gasteiger partial charge in [-0.2, -0.15) is 0 Å². The largest absolute Gasteiger partial charge is 0.481 e. The van der Waals surface area contributed by atoms with Gasteiger partial charge in [0.25, 0.3) is 0 Å². The van der Waals surface area contributed by atoms with Gasteiger partial charge in [0.15, 0.2) is 0 Å². The van der Waals surface area contributed by atoms with Crippen molar-refractivity contribution in [1.82, 2.24) is 10.2 Å². The van der Waals surface area contributed by atoms with Crippen molar-refractivity contribution in [2.24, 2.45) is 0 Å². The molecular weight excluding hydrogens is 270 g/mol. The number of nitrogens with zero attached hydrogens (tertiary/aromatic N) is 2. The predicted molar refractivity (Wildman–Crippen MR) is 78.5 cm³/mol. The molecule has 0 saturated carbocycles. The normalized spacial score (nSPS) is 22.1. The Kier molecular flexibility index (Phi) is 3.90. The molecule has 1 atom stereocenters. The Balaban J connectivity index is 1.76. The summed E-state index contributed by atoms with van der Waals surface area (Å²) in [5, 5.41) is 12.6. The number of anilines is 1. The van der Waals surface area contributed by atoms with Crippen LogP contribution >= 0.6 is 0 Å². The highest BCUT2D eigenvalue weighted by atomic mass is 16.4. The van der Waals surface area contributed by atoms with Crippen molar-refractivity contribution in [2.45, 2.75) is 5.92 Å². The number of para-hydroxylation sites is 1. The van der Waals surface area contributed by atoms with Crippen molar-refractivity contribution >= 4 is 17.6 Å². The number of piperazine rings is 1. The molecule has 2 aliphatic heterocycles. The first-order chi connectivity index (χ1) is 10.2. The summed E-state index contributed by atoms with van der Waals surface area (Å²) in [5.74, 6) is -1.51. The number of hydrogen-bond donors (Lipinski definition) is 2. The molecule has 0 radical (unpaired) electrons. The zero-order valence-electron chi connectivity index (χ0n) is 11.8. The number of benzene rings is 1. The van der Waals surface area contributed by atoms with Crippen LogP contribution in [0.25, 0.3) is 0 Å². The number of fused-ring (bicyclic) bond motifs is 1. The quantitative estimate of drug-likeness (QED) is 0.826. The lowest BCUT2D eigenvalue weighted by molar-refractivity contribution is -0.138. The Morgan fingerprint density at radius 3 is 2.67 bits per heavy atom. The first-order valence-corrected chi connectivity index (χ1v) is 7.22. The Labute approximate surface area is 123 Å². The first-order valence-electron chi connectivity index (χ1n) is 7.22. The molecule has 0 spiro atoms. The molecule has 1 amide bonds. The van der Waals surface area contributed by atoms with Crippen LogP contribution in [0.1, 0.15) is 11.5 Å². The van der Waals surface area contributed by atoms with Crippen molar-refractivity contribution in [1.29, 1.82) is 0 Å². The lowest BCUT2D eigenvalue weighted by Crippen LogP contribution is -2.48. The second-order valence-electron chi connectivity index (χ2n) is 5.48. The lowest BCUT2D eigenvalue weighted by atomic mass is 10.0. The third kappa shape index (κ3) is 2.77. The van der Waals surface area contributed by atoms with E-state index in [2.05, 4.69) is 10.2 Å². The van der Waals surface area contributed by atoms with Crippen LogP contribution < -0.4 is 10.2 Å². The number of carboxylic acid groups (broad SMARTS) is 1. The Hall–Kier alpha value is -1.92. The van der Waals surface area contributed by atoms with Crippen LogP contribution in [0, 0.1) is 0 Å². The van der Waals surface area contributed by atoms with Crippen LogP contribution in [-0.4, -0.2) is 61.2 Å². The molecule has 1 fully saturated rings. The minimum absolute atomic E-state index is 0.0203. The Bertz CT molecular complexity index is 555. The minimum atomic E-state index is -0.875. The molecule has 1 aromatic carbocycles. The summed E-state index contributed by atoms with van der Waals surface area (Å²) in [6.07, 6.45) is 0. The molecule has 0 bridgehead atoms. The van der Waals surface area contributed by atoms with Gasteiger partial charge in [-0.3, -0.25) is 14.5 Å². The van der Waals surface area contributed by atoms with Crippen molar-refractivity contribution in [2.75, 3.05) is 44.2 Å². The highest BCUT2D eigenvalue weighted by Gasteiger charge is 2.36. The van der Waals surface area contributed by atoms with E-state index in [0.29, 0.717) is 6.54 Å². The summed E-state index contributed by atoms with van der Waals surface area (Å²) >= 11 is 0. The molecular formula is C15H19N3O3. The molecule has 1 saturated heterocycles. The zero-order chi connectivity index (χ0) is 14.8.